The molecule has 0 saturated carbocycles. The van der Waals surface area contributed by atoms with Gasteiger partial charge in [-0.05, 0) is 12.8 Å². The highest BCUT2D eigenvalue weighted by Crippen LogP contribution is 2.11. The average Bonchev–Trinajstić information content (AvgIpc) is 2.25. The topological polar surface area (TPSA) is 43.4 Å². The molecular formula is C12H20O3. The first kappa shape index (κ1) is 12.2. The Morgan fingerprint density at radius 2 is 1.27 bits per heavy atom. The van der Waals surface area contributed by atoms with Crippen LogP contribution in [-0.4, -0.2) is 18.4 Å². The van der Waals surface area contributed by atoms with Crippen LogP contribution in [0.3, 0.4) is 0 Å². The highest BCUT2D eigenvalue weighted by Gasteiger charge is 2.14. The van der Waals surface area contributed by atoms with Gasteiger partial charge in [0.1, 0.15) is 0 Å². The van der Waals surface area contributed by atoms with E-state index < -0.39 is 5.97 Å². The van der Waals surface area contributed by atoms with E-state index in [4.69, 9.17) is 4.74 Å². The molecule has 0 bridgehead atoms. The fourth-order valence-electron chi connectivity index (χ4n) is 1.80. The number of hydrogen-bond acceptors (Lipinski definition) is 3. The first-order valence-corrected chi connectivity index (χ1v) is 6.00. The molecule has 0 radical (unpaired) electrons. The van der Waals surface area contributed by atoms with Crippen LogP contribution in [0.2, 0.25) is 0 Å². The zero-order valence-electron chi connectivity index (χ0n) is 9.30. The molecule has 0 aromatic heterocycles. The Hall–Kier alpha value is -0.860. The maximum Gasteiger partial charge on any atom is 0.374 e. The van der Waals surface area contributed by atoms with Crippen LogP contribution in [0.4, 0.5) is 0 Å². The molecule has 1 rings (SSSR count). The van der Waals surface area contributed by atoms with Gasteiger partial charge in [-0.25, -0.2) is 4.79 Å². The number of carbonyl (C=O) groups is 2. The second-order valence-electron chi connectivity index (χ2n) is 4.14. The lowest BCUT2D eigenvalue weighted by molar-refractivity contribution is -0.154. The van der Waals surface area contributed by atoms with Crippen LogP contribution in [0, 0.1) is 0 Å². The van der Waals surface area contributed by atoms with Gasteiger partial charge in [-0.2, -0.15) is 0 Å². The first-order valence-electron chi connectivity index (χ1n) is 6.00. The van der Waals surface area contributed by atoms with E-state index in [0.29, 0.717) is 13.0 Å². The fraction of sp³-hybridized carbons (Fsp3) is 0.833. The Labute approximate surface area is 91.2 Å². The molecule has 0 aliphatic carbocycles. The van der Waals surface area contributed by atoms with Gasteiger partial charge in [0.15, 0.2) is 0 Å². The molecule has 1 aliphatic heterocycles. The number of rotatable bonds is 0. The van der Waals surface area contributed by atoms with Crippen molar-refractivity contribution < 1.29 is 14.3 Å². The third kappa shape index (κ3) is 5.55. The number of ether oxygens (including phenoxy) is 1. The fourth-order valence-corrected chi connectivity index (χ4v) is 1.80. The lowest BCUT2D eigenvalue weighted by atomic mass is 10.1. The van der Waals surface area contributed by atoms with Gasteiger partial charge in [0.2, 0.25) is 5.78 Å². The van der Waals surface area contributed by atoms with Gasteiger partial charge in [0, 0.05) is 6.42 Å². The largest absolute Gasteiger partial charge is 0.460 e. The normalized spacial score (nSPS) is 22.1. The molecule has 1 heterocycles. The zero-order valence-corrected chi connectivity index (χ0v) is 9.30. The number of cyclic esters (lactones) is 1. The summed E-state index contributed by atoms with van der Waals surface area (Å²) in [6.45, 7) is 0.407. The predicted molar refractivity (Wildman–Crippen MR) is 57.5 cm³/mol. The molecule has 0 N–H and O–H groups in total. The van der Waals surface area contributed by atoms with Crippen LogP contribution in [0.15, 0.2) is 0 Å². The summed E-state index contributed by atoms with van der Waals surface area (Å²) in [6.07, 6.45) is 9.14. The minimum Gasteiger partial charge on any atom is -0.460 e. The van der Waals surface area contributed by atoms with Crippen molar-refractivity contribution in [3.8, 4) is 0 Å². The molecule has 86 valence electrons. The molecule has 1 aliphatic rings. The van der Waals surface area contributed by atoms with Crippen molar-refractivity contribution in [1.29, 1.82) is 0 Å². The Morgan fingerprint density at radius 1 is 0.733 bits per heavy atom. The van der Waals surface area contributed by atoms with Crippen LogP contribution in [0.1, 0.15) is 57.8 Å². The van der Waals surface area contributed by atoms with E-state index in [-0.39, 0.29) is 5.78 Å². The molecule has 3 heteroatoms. The standard InChI is InChI=1S/C12H20O3/c13-11-9-7-5-3-1-2-4-6-8-10-15-12(11)14/h1-10H2. The third-order valence-electron chi connectivity index (χ3n) is 2.76. The van der Waals surface area contributed by atoms with Gasteiger partial charge in [-0.3, -0.25) is 4.79 Å². The molecule has 0 aromatic rings. The van der Waals surface area contributed by atoms with Gasteiger partial charge < -0.3 is 4.74 Å². The SMILES string of the molecule is O=C1CCCCCCCCCCOC1=O. The van der Waals surface area contributed by atoms with Crippen LogP contribution >= 0.6 is 0 Å². The van der Waals surface area contributed by atoms with Gasteiger partial charge in [0.05, 0.1) is 6.61 Å². The summed E-state index contributed by atoms with van der Waals surface area (Å²) in [6, 6.07) is 0. The summed E-state index contributed by atoms with van der Waals surface area (Å²) >= 11 is 0. The summed E-state index contributed by atoms with van der Waals surface area (Å²) < 4.78 is 4.88. The van der Waals surface area contributed by atoms with E-state index in [2.05, 4.69) is 0 Å². The third-order valence-corrected chi connectivity index (χ3v) is 2.76. The van der Waals surface area contributed by atoms with Crippen molar-refractivity contribution in [2.24, 2.45) is 0 Å². The summed E-state index contributed by atoms with van der Waals surface area (Å²) in [4.78, 5) is 22.4. The van der Waals surface area contributed by atoms with Crippen LogP contribution in [-0.2, 0) is 14.3 Å². The molecule has 1 saturated heterocycles. The molecule has 1 fully saturated rings. The van der Waals surface area contributed by atoms with Crippen molar-refractivity contribution >= 4 is 11.8 Å². The molecule has 0 unspecified atom stereocenters. The Morgan fingerprint density at radius 3 is 1.93 bits per heavy atom. The van der Waals surface area contributed by atoms with E-state index in [0.717, 1.165) is 25.7 Å². The summed E-state index contributed by atoms with van der Waals surface area (Å²) in [7, 11) is 0. The van der Waals surface area contributed by atoms with Crippen LogP contribution in [0.25, 0.3) is 0 Å². The van der Waals surface area contributed by atoms with Crippen molar-refractivity contribution in [3.63, 3.8) is 0 Å². The van der Waals surface area contributed by atoms with E-state index in [1.165, 1.54) is 25.7 Å². The lowest BCUT2D eigenvalue weighted by Gasteiger charge is -2.02. The summed E-state index contributed by atoms with van der Waals surface area (Å²) in [5, 5.41) is 0. The Balaban J connectivity index is 2.30. The maximum atomic E-state index is 11.2. The van der Waals surface area contributed by atoms with Gasteiger partial charge in [0.25, 0.3) is 0 Å². The second-order valence-corrected chi connectivity index (χ2v) is 4.14. The molecule has 0 spiro atoms. The molecular weight excluding hydrogens is 192 g/mol. The number of hydrogen-bond donors (Lipinski definition) is 0. The highest BCUT2D eigenvalue weighted by molar-refractivity contribution is 6.33. The van der Waals surface area contributed by atoms with Gasteiger partial charge in [-0.1, -0.05) is 38.5 Å². The zero-order chi connectivity index (χ0) is 10.9. The smallest absolute Gasteiger partial charge is 0.374 e. The lowest BCUT2D eigenvalue weighted by Crippen LogP contribution is -2.17. The minimum absolute atomic E-state index is 0.353. The number of Topliss-reactive ketones (excluding diaryl/α,β-unsaturated/α-hetero) is 1. The summed E-state index contributed by atoms with van der Waals surface area (Å²) in [5.41, 5.74) is 0. The molecule has 0 atom stereocenters. The van der Waals surface area contributed by atoms with Crippen molar-refractivity contribution in [1.82, 2.24) is 0 Å². The Bertz CT molecular complexity index is 189. The summed E-state index contributed by atoms with van der Waals surface area (Å²) in [5.74, 6) is -0.983. The van der Waals surface area contributed by atoms with E-state index in [1.807, 2.05) is 0 Å². The quantitative estimate of drug-likeness (QED) is 0.458. The second kappa shape index (κ2) is 7.43. The molecule has 3 nitrogen and oxygen atoms in total. The van der Waals surface area contributed by atoms with E-state index in [1.54, 1.807) is 0 Å². The number of esters is 1. The average molecular weight is 212 g/mol. The highest BCUT2D eigenvalue weighted by atomic mass is 16.5. The molecule has 0 aromatic carbocycles. The minimum atomic E-state index is -0.630. The van der Waals surface area contributed by atoms with Crippen LogP contribution < -0.4 is 0 Å². The Kier molecular flexibility index (Phi) is 6.05. The molecule has 15 heavy (non-hydrogen) atoms. The molecule has 0 amide bonds. The van der Waals surface area contributed by atoms with Crippen LogP contribution in [0.5, 0.6) is 0 Å². The van der Waals surface area contributed by atoms with E-state index in [9.17, 15) is 9.59 Å². The first-order chi connectivity index (χ1) is 7.30. The monoisotopic (exact) mass is 212 g/mol. The number of ketones is 1. The van der Waals surface area contributed by atoms with Crippen molar-refractivity contribution in [3.05, 3.63) is 0 Å². The van der Waals surface area contributed by atoms with Crippen molar-refractivity contribution in [2.75, 3.05) is 6.61 Å². The van der Waals surface area contributed by atoms with Crippen molar-refractivity contribution in [2.45, 2.75) is 57.8 Å². The predicted octanol–water partition coefficient (Wildman–Crippen LogP) is 2.62. The van der Waals surface area contributed by atoms with Gasteiger partial charge >= 0.3 is 5.97 Å². The maximum absolute atomic E-state index is 11.2. The number of carbonyl (C=O) groups excluding carboxylic acids is 2. The van der Waals surface area contributed by atoms with Gasteiger partial charge in [-0.15, -0.1) is 0 Å². The van der Waals surface area contributed by atoms with E-state index >= 15 is 0 Å².